The second-order valence-corrected chi connectivity index (χ2v) is 9.76. The number of aromatic nitrogens is 1. The molecule has 6 aromatic rings. The van der Waals surface area contributed by atoms with E-state index in [1.807, 2.05) is 30.5 Å². The molecular formula is C31H24IrNO3S-. The topological polar surface area (TPSA) is 63.3 Å². The summed E-state index contributed by atoms with van der Waals surface area (Å²) in [5.41, 5.74) is 6.04. The molecule has 0 fully saturated rings. The average molecular weight is 683 g/mol. The van der Waals surface area contributed by atoms with Crippen LogP contribution >= 0.6 is 11.3 Å². The Morgan fingerprint density at radius 3 is 2.49 bits per heavy atom. The number of pyridine rings is 1. The summed E-state index contributed by atoms with van der Waals surface area (Å²) in [6, 6.07) is 28.5. The Morgan fingerprint density at radius 1 is 1.03 bits per heavy atom. The van der Waals surface area contributed by atoms with Crippen LogP contribution in [0, 0.1) is 13.0 Å². The summed E-state index contributed by atoms with van der Waals surface area (Å²) < 4.78 is 7.38. The molecule has 1 radical (unpaired) electrons. The molecule has 0 saturated heterocycles. The number of carbonyl (C=O) groups excluding carboxylic acids is 1. The first-order valence-corrected chi connectivity index (χ1v) is 12.4. The minimum atomic E-state index is -0.125. The van der Waals surface area contributed by atoms with Crippen LogP contribution in [0.1, 0.15) is 19.4 Å². The fraction of sp³-hybridized carbons (Fsp3) is 0.0968. The minimum Gasteiger partial charge on any atom is -0.512 e. The molecule has 0 aliphatic heterocycles. The van der Waals surface area contributed by atoms with Crippen LogP contribution in [0.25, 0.3) is 53.7 Å². The number of carbonyl (C=O) groups is 1. The van der Waals surface area contributed by atoms with Gasteiger partial charge in [-0.05, 0) is 44.2 Å². The van der Waals surface area contributed by atoms with Crippen molar-refractivity contribution in [2.45, 2.75) is 20.8 Å². The Bertz CT molecular complexity index is 1740. The van der Waals surface area contributed by atoms with Gasteiger partial charge in [0.25, 0.3) is 0 Å². The van der Waals surface area contributed by atoms with Gasteiger partial charge in [0, 0.05) is 52.7 Å². The molecule has 0 amide bonds. The van der Waals surface area contributed by atoms with E-state index >= 15 is 0 Å². The third-order valence-corrected chi connectivity index (χ3v) is 6.89. The number of nitrogens with zero attached hydrogens (tertiary/aromatic N) is 1. The third kappa shape index (κ3) is 5.72. The van der Waals surface area contributed by atoms with Crippen molar-refractivity contribution < 1.29 is 34.4 Å². The second-order valence-electron chi connectivity index (χ2n) is 8.67. The van der Waals surface area contributed by atoms with E-state index in [4.69, 9.17) is 14.5 Å². The Labute approximate surface area is 232 Å². The first-order valence-electron chi connectivity index (χ1n) is 11.6. The van der Waals surface area contributed by atoms with E-state index in [0.717, 1.165) is 38.6 Å². The predicted molar refractivity (Wildman–Crippen MR) is 148 cm³/mol. The van der Waals surface area contributed by atoms with E-state index in [-0.39, 0.29) is 31.6 Å². The van der Waals surface area contributed by atoms with Gasteiger partial charge in [-0.3, -0.25) is 4.79 Å². The molecule has 0 aliphatic rings. The van der Waals surface area contributed by atoms with E-state index in [1.54, 1.807) is 11.3 Å². The van der Waals surface area contributed by atoms with Crippen LogP contribution in [0.3, 0.4) is 0 Å². The summed E-state index contributed by atoms with van der Waals surface area (Å²) >= 11 is 1.79. The van der Waals surface area contributed by atoms with Crippen molar-refractivity contribution in [2.24, 2.45) is 0 Å². The van der Waals surface area contributed by atoms with E-state index < -0.39 is 0 Å². The Morgan fingerprint density at radius 2 is 1.78 bits per heavy atom. The average Bonchev–Trinajstić information content (AvgIpc) is 3.45. The molecule has 0 spiro atoms. The zero-order chi connectivity index (χ0) is 25.2. The molecule has 0 saturated carbocycles. The van der Waals surface area contributed by atoms with Crippen LogP contribution in [0.2, 0.25) is 0 Å². The molecule has 37 heavy (non-hydrogen) atoms. The monoisotopic (exact) mass is 683 g/mol. The normalized spacial score (nSPS) is 11.3. The van der Waals surface area contributed by atoms with Crippen molar-refractivity contribution in [3.8, 4) is 21.7 Å². The van der Waals surface area contributed by atoms with Crippen LogP contribution < -0.4 is 0 Å². The number of hydrogen-bond acceptors (Lipinski definition) is 5. The molecule has 3 aromatic heterocycles. The molecule has 0 aliphatic carbocycles. The smallest absolute Gasteiger partial charge is 0.155 e. The number of allylic oxidation sites excluding steroid dienone is 2. The number of fused-ring (bicyclic) bond motifs is 4. The summed E-state index contributed by atoms with van der Waals surface area (Å²) in [6.45, 7) is 4.96. The second kappa shape index (κ2) is 11.2. The standard InChI is InChI=1S/C26H16NOS.C5H8O2.Ir/c1-16-9-11-17(12-10-16)24-13-18-15-27-22(14-25(18)29-24)21-7-4-6-20-19-5-2-3-8-23(19)28-26(20)21;1-4(6)3-5(2)7;/h2-6,8-15H,1H3;3,6H,1-2H3;/q-1;;/b;4-3-;. The fourth-order valence-corrected chi connectivity index (χ4v) is 5.18. The molecule has 0 atom stereocenters. The van der Waals surface area contributed by atoms with Crippen LogP contribution in [0.15, 0.2) is 95.2 Å². The number of para-hydroxylation sites is 1. The van der Waals surface area contributed by atoms with Crippen molar-refractivity contribution >= 4 is 49.1 Å². The Hall–Kier alpha value is -3.57. The molecule has 3 aromatic carbocycles. The maximum Gasteiger partial charge on any atom is 0.155 e. The Kier molecular flexibility index (Phi) is 8.03. The molecule has 6 rings (SSSR count). The van der Waals surface area contributed by atoms with Crippen molar-refractivity contribution in [3.05, 3.63) is 102 Å². The van der Waals surface area contributed by atoms with Gasteiger partial charge in [-0.2, -0.15) is 0 Å². The molecule has 1 N–H and O–H groups in total. The number of aryl methyl sites for hydroxylation is 1. The van der Waals surface area contributed by atoms with E-state index in [2.05, 4.69) is 61.5 Å². The van der Waals surface area contributed by atoms with Gasteiger partial charge in [-0.1, -0.05) is 65.0 Å². The SMILES string of the molecule is CC(=O)/C=C(/C)O.Cc1ccc(-c2cc3cnc(-c4[c-]ccc5c4oc4ccccc45)cc3s2)cc1.[Ir]. The minimum absolute atomic E-state index is 0. The fourth-order valence-electron chi connectivity index (χ4n) is 4.11. The number of benzene rings is 3. The van der Waals surface area contributed by atoms with E-state index in [0.29, 0.717) is 0 Å². The number of rotatable bonds is 3. The zero-order valence-corrected chi connectivity index (χ0v) is 23.7. The quantitative estimate of drug-likeness (QED) is 0.115. The van der Waals surface area contributed by atoms with E-state index in [1.165, 1.54) is 40.6 Å². The molecule has 0 unspecified atom stereocenters. The number of thiophene rings is 1. The molecule has 3 heterocycles. The Balaban J connectivity index is 0.000000356. The maximum absolute atomic E-state index is 10.0. The number of aliphatic hydroxyl groups excluding tert-OH is 1. The summed E-state index contributed by atoms with van der Waals surface area (Å²) in [5.74, 6) is -0.0625. The molecule has 6 heteroatoms. The van der Waals surface area contributed by atoms with Crippen molar-refractivity contribution in [1.29, 1.82) is 0 Å². The molecule has 187 valence electrons. The zero-order valence-electron chi connectivity index (χ0n) is 20.5. The van der Waals surface area contributed by atoms with Gasteiger partial charge in [0.2, 0.25) is 0 Å². The number of aliphatic hydroxyl groups is 1. The van der Waals surface area contributed by atoms with Crippen LogP contribution in [-0.2, 0) is 24.9 Å². The molecule has 4 nitrogen and oxygen atoms in total. The number of hydrogen-bond donors (Lipinski definition) is 1. The van der Waals surface area contributed by atoms with Gasteiger partial charge in [0.05, 0.1) is 11.3 Å². The summed E-state index contributed by atoms with van der Waals surface area (Å²) in [5, 5.41) is 11.7. The van der Waals surface area contributed by atoms with E-state index in [9.17, 15) is 4.79 Å². The first-order chi connectivity index (χ1) is 17.4. The number of ketones is 1. The third-order valence-electron chi connectivity index (χ3n) is 5.74. The van der Waals surface area contributed by atoms with Gasteiger partial charge in [0.1, 0.15) is 5.58 Å². The number of furan rings is 1. The summed E-state index contributed by atoms with van der Waals surface area (Å²) in [4.78, 5) is 16.0. The van der Waals surface area contributed by atoms with Crippen LogP contribution in [0.4, 0.5) is 0 Å². The van der Waals surface area contributed by atoms with Gasteiger partial charge < -0.3 is 14.5 Å². The summed E-state index contributed by atoms with van der Waals surface area (Å²) in [7, 11) is 0. The maximum atomic E-state index is 10.0. The van der Waals surface area contributed by atoms with Gasteiger partial charge >= 0.3 is 0 Å². The largest absolute Gasteiger partial charge is 0.512 e. The first kappa shape index (κ1) is 26.5. The molecular weight excluding hydrogens is 659 g/mol. The van der Waals surface area contributed by atoms with Crippen molar-refractivity contribution in [1.82, 2.24) is 4.98 Å². The van der Waals surface area contributed by atoms with Crippen molar-refractivity contribution in [3.63, 3.8) is 0 Å². The van der Waals surface area contributed by atoms with Gasteiger partial charge in [-0.15, -0.1) is 29.5 Å². The van der Waals surface area contributed by atoms with Crippen LogP contribution in [0.5, 0.6) is 0 Å². The van der Waals surface area contributed by atoms with Gasteiger partial charge in [0.15, 0.2) is 5.78 Å². The predicted octanol–water partition coefficient (Wildman–Crippen LogP) is 8.67. The summed E-state index contributed by atoms with van der Waals surface area (Å²) in [6.07, 6.45) is 3.12. The molecule has 0 bridgehead atoms. The van der Waals surface area contributed by atoms with Gasteiger partial charge in [-0.25, -0.2) is 0 Å². The van der Waals surface area contributed by atoms with Crippen molar-refractivity contribution in [2.75, 3.05) is 0 Å². The van der Waals surface area contributed by atoms with Crippen LogP contribution in [-0.4, -0.2) is 15.9 Å².